The normalized spacial score (nSPS) is 25.4. The maximum Gasteiger partial charge on any atom is 0.319 e. The second-order valence-corrected chi connectivity index (χ2v) is 6.10. The van der Waals surface area contributed by atoms with Gasteiger partial charge in [-0.2, -0.15) is 0 Å². The summed E-state index contributed by atoms with van der Waals surface area (Å²) in [6, 6.07) is 2.59. The zero-order valence-electron chi connectivity index (χ0n) is 13.8. The Kier molecular flexibility index (Phi) is 5.33. The lowest BCUT2D eigenvalue weighted by Crippen LogP contribution is -2.44. The first-order valence-corrected chi connectivity index (χ1v) is 8.09. The smallest absolute Gasteiger partial charge is 0.319 e. The fourth-order valence-corrected chi connectivity index (χ4v) is 3.14. The van der Waals surface area contributed by atoms with Crippen LogP contribution in [0.15, 0.2) is 42.2 Å². The lowest BCUT2D eigenvalue weighted by atomic mass is 9.83. The molecule has 5 nitrogen and oxygen atoms in total. The molecule has 1 aliphatic heterocycles. The maximum atomic E-state index is 13.2. The topological polar surface area (TPSA) is 59.6 Å². The van der Waals surface area contributed by atoms with E-state index in [4.69, 9.17) is 9.47 Å². The fraction of sp³-hybridized carbons (Fsp3) is 0.389. The summed E-state index contributed by atoms with van der Waals surface area (Å²) >= 11 is 0. The van der Waals surface area contributed by atoms with Crippen LogP contribution in [0.1, 0.15) is 6.42 Å². The number of carbonyl (C=O) groups is 1. The first-order chi connectivity index (χ1) is 12.1. The van der Waals surface area contributed by atoms with E-state index in [0.29, 0.717) is 13.2 Å². The summed E-state index contributed by atoms with van der Waals surface area (Å²) < 4.78 is 36.9. The highest BCUT2D eigenvalue weighted by Gasteiger charge is 2.35. The van der Waals surface area contributed by atoms with Crippen molar-refractivity contribution in [2.24, 2.45) is 11.8 Å². The molecule has 0 spiro atoms. The van der Waals surface area contributed by atoms with Crippen molar-refractivity contribution in [2.75, 3.05) is 25.6 Å². The second kappa shape index (κ2) is 7.65. The minimum atomic E-state index is -1.01. The summed E-state index contributed by atoms with van der Waals surface area (Å²) in [4.78, 5) is 12.1. The van der Waals surface area contributed by atoms with E-state index in [9.17, 15) is 13.6 Å². The molecule has 1 saturated heterocycles. The van der Waals surface area contributed by atoms with Crippen LogP contribution in [0.3, 0.4) is 0 Å². The van der Waals surface area contributed by atoms with Crippen LogP contribution in [0.25, 0.3) is 0 Å². The number of urea groups is 1. The third-order valence-corrected chi connectivity index (χ3v) is 4.50. The number of carbonyl (C=O) groups excluding carboxylic acids is 1. The molecular weight excluding hydrogens is 330 g/mol. The van der Waals surface area contributed by atoms with Crippen LogP contribution in [-0.4, -0.2) is 32.4 Å². The summed E-state index contributed by atoms with van der Waals surface area (Å²) in [6.07, 6.45) is 6.82. The molecular formula is C18H20F2N2O3. The van der Waals surface area contributed by atoms with Crippen LogP contribution in [0, 0.1) is 23.5 Å². The van der Waals surface area contributed by atoms with Crippen molar-refractivity contribution in [3.05, 3.63) is 53.8 Å². The molecule has 1 heterocycles. The van der Waals surface area contributed by atoms with Gasteiger partial charge in [-0.05, 0) is 36.6 Å². The summed E-state index contributed by atoms with van der Waals surface area (Å²) in [5.41, 5.74) is 0.192. The standard InChI is InChI=1S/C18H20F2N2O3/c1-24-13-5-2-11(3-6-13)14-9-25-10-17(14)22-18(23)21-12-4-7-15(19)16(20)8-12/h2,4-8,11,14,17H,3,9-10H2,1H3,(H2,21,22,23)/t11?,14-,17?/m0/s1. The average Bonchev–Trinajstić information content (AvgIpc) is 3.06. The van der Waals surface area contributed by atoms with Gasteiger partial charge < -0.3 is 20.1 Å². The van der Waals surface area contributed by atoms with Gasteiger partial charge in [0.15, 0.2) is 11.6 Å². The van der Waals surface area contributed by atoms with Gasteiger partial charge >= 0.3 is 6.03 Å². The van der Waals surface area contributed by atoms with Crippen molar-refractivity contribution in [1.29, 1.82) is 0 Å². The molecule has 1 aromatic rings. The van der Waals surface area contributed by atoms with E-state index in [1.165, 1.54) is 6.07 Å². The van der Waals surface area contributed by atoms with Crippen molar-refractivity contribution in [3.63, 3.8) is 0 Å². The number of allylic oxidation sites excluding steroid dienone is 3. The number of benzene rings is 1. The molecule has 3 atom stereocenters. The van der Waals surface area contributed by atoms with Crippen molar-refractivity contribution in [2.45, 2.75) is 12.5 Å². The predicted octanol–water partition coefficient (Wildman–Crippen LogP) is 3.21. The van der Waals surface area contributed by atoms with E-state index in [2.05, 4.69) is 16.7 Å². The molecule has 2 unspecified atom stereocenters. The van der Waals surface area contributed by atoms with Gasteiger partial charge in [0.05, 0.1) is 26.4 Å². The van der Waals surface area contributed by atoms with Gasteiger partial charge in [0, 0.05) is 17.7 Å². The highest BCUT2D eigenvalue weighted by molar-refractivity contribution is 5.89. The van der Waals surface area contributed by atoms with Crippen LogP contribution in [0.4, 0.5) is 19.3 Å². The van der Waals surface area contributed by atoms with E-state index >= 15 is 0 Å². The van der Waals surface area contributed by atoms with E-state index < -0.39 is 17.7 Å². The largest absolute Gasteiger partial charge is 0.497 e. The van der Waals surface area contributed by atoms with E-state index in [-0.39, 0.29) is 23.6 Å². The summed E-state index contributed by atoms with van der Waals surface area (Å²) in [6.45, 7) is 0.975. The lowest BCUT2D eigenvalue weighted by molar-refractivity contribution is 0.176. The first kappa shape index (κ1) is 17.4. The molecule has 0 saturated carbocycles. The van der Waals surface area contributed by atoms with Crippen LogP contribution in [0.2, 0.25) is 0 Å². The molecule has 2 amide bonds. The van der Waals surface area contributed by atoms with Crippen molar-refractivity contribution in [1.82, 2.24) is 5.32 Å². The quantitative estimate of drug-likeness (QED) is 0.877. The van der Waals surface area contributed by atoms with Crippen LogP contribution >= 0.6 is 0 Å². The van der Waals surface area contributed by atoms with E-state index in [0.717, 1.165) is 24.3 Å². The third-order valence-electron chi connectivity index (χ3n) is 4.50. The minimum absolute atomic E-state index is 0.140. The van der Waals surface area contributed by atoms with Crippen molar-refractivity contribution >= 4 is 11.7 Å². The van der Waals surface area contributed by atoms with Gasteiger partial charge in [-0.25, -0.2) is 13.6 Å². The zero-order chi connectivity index (χ0) is 17.8. The Morgan fingerprint density at radius 2 is 2.12 bits per heavy atom. The number of anilines is 1. The van der Waals surface area contributed by atoms with Crippen LogP contribution < -0.4 is 10.6 Å². The highest BCUT2D eigenvalue weighted by Crippen LogP contribution is 2.30. The molecule has 3 rings (SSSR count). The van der Waals surface area contributed by atoms with Gasteiger partial charge in [-0.3, -0.25) is 0 Å². The molecule has 1 fully saturated rings. The zero-order valence-corrected chi connectivity index (χ0v) is 13.8. The van der Waals surface area contributed by atoms with Gasteiger partial charge in [0.1, 0.15) is 5.76 Å². The molecule has 2 N–H and O–H groups in total. The maximum absolute atomic E-state index is 13.2. The molecule has 25 heavy (non-hydrogen) atoms. The van der Waals surface area contributed by atoms with Gasteiger partial charge in [0.2, 0.25) is 0 Å². The summed E-state index contributed by atoms with van der Waals surface area (Å²) in [5.74, 6) is -0.747. The Hall–Kier alpha value is -2.41. The summed E-state index contributed by atoms with van der Waals surface area (Å²) in [5, 5.41) is 5.37. The monoisotopic (exact) mass is 350 g/mol. The Morgan fingerprint density at radius 3 is 2.80 bits per heavy atom. The molecule has 1 aromatic carbocycles. The number of amides is 2. The highest BCUT2D eigenvalue weighted by atomic mass is 19.2. The number of halogens is 2. The van der Waals surface area contributed by atoms with Crippen molar-refractivity contribution in [3.8, 4) is 0 Å². The van der Waals surface area contributed by atoms with Crippen molar-refractivity contribution < 1.29 is 23.0 Å². The Bertz CT molecular complexity index is 706. The molecule has 1 aliphatic carbocycles. The molecule has 134 valence electrons. The Morgan fingerprint density at radius 1 is 1.28 bits per heavy atom. The number of nitrogens with one attached hydrogen (secondary N) is 2. The molecule has 7 heteroatoms. The average molecular weight is 350 g/mol. The third kappa shape index (κ3) is 4.17. The first-order valence-electron chi connectivity index (χ1n) is 8.09. The Balaban J connectivity index is 1.58. The van der Waals surface area contributed by atoms with Crippen LogP contribution in [0.5, 0.6) is 0 Å². The van der Waals surface area contributed by atoms with Gasteiger partial charge in [-0.1, -0.05) is 6.08 Å². The number of hydrogen-bond donors (Lipinski definition) is 2. The summed E-state index contributed by atoms with van der Waals surface area (Å²) in [7, 11) is 1.63. The predicted molar refractivity (Wildman–Crippen MR) is 88.9 cm³/mol. The molecule has 0 bridgehead atoms. The van der Waals surface area contributed by atoms with Gasteiger partial charge in [0.25, 0.3) is 0 Å². The van der Waals surface area contributed by atoms with Gasteiger partial charge in [-0.15, -0.1) is 0 Å². The second-order valence-electron chi connectivity index (χ2n) is 6.10. The SMILES string of the molecule is COC1=CCC([C@@H]2COCC2NC(=O)Nc2ccc(F)c(F)c2)C=C1. The number of methoxy groups -OCH3 is 1. The fourth-order valence-electron chi connectivity index (χ4n) is 3.14. The molecule has 0 aromatic heterocycles. The number of ether oxygens (including phenoxy) is 2. The van der Waals surface area contributed by atoms with E-state index in [1.807, 2.05) is 12.2 Å². The number of rotatable bonds is 4. The number of hydrogen-bond acceptors (Lipinski definition) is 3. The molecule has 0 radical (unpaired) electrons. The Labute approximate surface area is 144 Å². The van der Waals surface area contributed by atoms with Crippen LogP contribution in [-0.2, 0) is 9.47 Å². The molecule has 2 aliphatic rings. The lowest BCUT2D eigenvalue weighted by Gasteiger charge is -2.26. The van der Waals surface area contributed by atoms with E-state index in [1.54, 1.807) is 7.11 Å². The minimum Gasteiger partial charge on any atom is -0.497 e.